The predicted molar refractivity (Wildman–Crippen MR) is 116 cm³/mol. The van der Waals surface area contributed by atoms with E-state index in [0.717, 1.165) is 11.3 Å². The van der Waals surface area contributed by atoms with E-state index in [9.17, 15) is 14.8 Å². The number of aryl methyl sites for hydroxylation is 1. The van der Waals surface area contributed by atoms with Crippen molar-refractivity contribution in [2.24, 2.45) is 0 Å². The van der Waals surface area contributed by atoms with Gasteiger partial charge in [-0.15, -0.1) is 0 Å². The van der Waals surface area contributed by atoms with Gasteiger partial charge >= 0.3 is 7.12 Å². The summed E-state index contributed by atoms with van der Waals surface area (Å²) in [6.45, 7) is 1.85. The fourth-order valence-electron chi connectivity index (χ4n) is 3.02. The van der Waals surface area contributed by atoms with Gasteiger partial charge in [0, 0.05) is 34.7 Å². The van der Waals surface area contributed by atoms with E-state index in [2.05, 4.69) is 20.3 Å². The van der Waals surface area contributed by atoms with Gasteiger partial charge in [0.2, 0.25) is 0 Å². The molecule has 1 amide bonds. The second kappa shape index (κ2) is 8.19. The Balaban J connectivity index is 1.70. The molecule has 0 bridgehead atoms. The highest BCUT2D eigenvalue weighted by Crippen LogP contribution is 2.33. The number of hydrogen-bond acceptors (Lipinski definition) is 8. The molecule has 10 heteroatoms. The van der Waals surface area contributed by atoms with E-state index in [1.54, 1.807) is 13.2 Å². The van der Waals surface area contributed by atoms with Crippen LogP contribution in [0.3, 0.4) is 0 Å². The average molecular weight is 420 g/mol. The van der Waals surface area contributed by atoms with Crippen LogP contribution in [0.25, 0.3) is 21.5 Å². The van der Waals surface area contributed by atoms with Gasteiger partial charge in [0.25, 0.3) is 5.91 Å². The number of hydrogen-bond donors (Lipinski definition) is 3. The summed E-state index contributed by atoms with van der Waals surface area (Å²) >= 11 is 1.19. The summed E-state index contributed by atoms with van der Waals surface area (Å²) in [5.41, 5.74) is 3.29. The normalized spacial score (nSPS) is 10.8. The van der Waals surface area contributed by atoms with Crippen molar-refractivity contribution < 1.29 is 19.6 Å². The molecule has 1 aromatic carbocycles. The number of para-hydroxylation sites is 1. The molecule has 0 saturated heterocycles. The van der Waals surface area contributed by atoms with Crippen molar-refractivity contribution >= 4 is 45.3 Å². The van der Waals surface area contributed by atoms with Gasteiger partial charge in [-0.25, -0.2) is 4.98 Å². The number of carbonyl (C=O) groups is 1. The van der Waals surface area contributed by atoms with E-state index >= 15 is 0 Å². The minimum absolute atomic E-state index is 0.255. The molecule has 4 aromatic rings. The van der Waals surface area contributed by atoms with Crippen LogP contribution in [0.5, 0.6) is 5.75 Å². The largest absolute Gasteiger partial charge is 0.496 e. The predicted octanol–water partition coefficient (Wildman–Crippen LogP) is 2.00. The van der Waals surface area contributed by atoms with Crippen LogP contribution in [0.1, 0.15) is 16.1 Å². The van der Waals surface area contributed by atoms with Crippen LogP contribution >= 0.6 is 11.3 Å². The van der Waals surface area contributed by atoms with Crippen LogP contribution < -0.4 is 15.5 Å². The number of amides is 1. The number of ether oxygens (including phenoxy) is 1. The van der Waals surface area contributed by atoms with Crippen molar-refractivity contribution in [3.8, 4) is 16.9 Å². The number of thiazole rings is 1. The van der Waals surface area contributed by atoms with Crippen LogP contribution in [0.15, 0.2) is 48.8 Å². The highest BCUT2D eigenvalue weighted by Gasteiger charge is 2.19. The van der Waals surface area contributed by atoms with E-state index in [4.69, 9.17) is 4.74 Å². The van der Waals surface area contributed by atoms with Gasteiger partial charge in [-0.2, -0.15) is 4.98 Å². The molecule has 0 radical (unpaired) electrons. The highest BCUT2D eigenvalue weighted by atomic mass is 32.1. The van der Waals surface area contributed by atoms with Crippen molar-refractivity contribution in [1.29, 1.82) is 0 Å². The molecule has 0 atom stereocenters. The van der Waals surface area contributed by atoms with Crippen molar-refractivity contribution in [1.82, 2.24) is 15.0 Å². The maximum absolute atomic E-state index is 13.0. The van der Waals surface area contributed by atoms with Gasteiger partial charge in [-0.3, -0.25) is 15.1 Å². The summed E-state index contributed by atoms with van der Waals surface area (Å²) in [5.74, 6) is 0.279. The van der Waals surface area contributed by atoms with Gasteiger partial charge in [0.1, 0.15) is 5.75 Å². The molecule has 0 saturated carbocycles. The number of rotatable bonds is 5. The molecular formula is C20H17BN4O4S. The van der Waals surface area contributed by atoms with E-state index < -0.39 is 7.12 Å². The minimum Gasteiger partial charge on any atom is -0.496 e. The number of nitrogens with one attached hydrogen (secondary N) is 1. The molecule has 8 nitrogen and oxygen atoms in total. The van der Waals surface area contributed by atoms with E-state index in [1.165, 1.54) is 23.7 Å². The van der Waals surface area contributed by atoms with Crippen molar-refractivity contribution in [2.75, 3.05) is 12.4 Å². The third-order valence-corrected chi connectivity index (χ3v) is 5.38. The molecule has 4 rings (SSSR count). The number of fused-ring (bicyclic) bond motifs is 1. The quantitative estimate of drug-likeness (QED) is 0.423. The lowest BCUT2D eigenvalue weighted by Gasteiger charge is -2.13. The lowest BCUT2D eigenvalue weighted by Crippen LogP contribution is -2.29. The Bertz CT molecular complexity index is 1240. The standard InChI is InChI=1S/C20H17BN4O4S/c1-11-7-14(13-5-3-4-6-16(13)29-2)15(10-22-11)19(26)25-20-24-18-17(30-20)8-12(9-23-18)21(27)28/h3-10,27-28H,1-2H3,(H,23,24,25,26). The first kappa shape index (κ1) is 20.0. The molecule has 0 spiro atoms. The molecule has 3 heterocycles. The first-order chi connectivity index (χ1) is 14.5. The Kier molecular flexibility index (Phi) is 5.45. The Morgan fingerprint density at radius 1 is 1.13 bits per heavy atom. The van der Waals surface area contributed by atoms with E-state index in [-0.39, 0.29) is 11.4 Å². The molecule has 0 fully saturated rings. The molecule has 3 N–H and O–H groups in total. The Hall–Kier alpha value is -3.34. The van der Waals surface area contributed by atoms with Gasteiger partial charge < -0.3 is 14.8 Å². The number of anilines is 1. The number of benzene rings is 1. The SMILES string of the molecule is COc1ccccc1-c1cc(C)ncc1C(=O)Nc1nc2ncc(B(O)O)cc2s1. The van der Waals surface area contributed by atoms with E-state index in [0.29, 0.717) is 32.4 Å². The summed E-state index contributed by atoms with van der Waals surface area (Å²) in [7, 11) is -0.0395. The summed E-state index contributed by atoms with van der Waals surface area (Å²) in [6.07, 6.45) is 2.86. The first-order valence-corrected chi connectivity index (χ1v) is 9.82. The summed E-state index contributed by atoms with van der Waals surface area (Å²) in [5, 5.41) is 21.7. The molecule has 3 aromatic heterocycles. The lowest BCUT2D eigenvalue weighted by atomic mass is 9.82. The fourth-order valence-corrected chi connectivity index (χ4v) is 3.89. The molecule has 30 heavy (non-hydrogen) atoms. The zero-order valence-electron chi connectivity index (χ0n) is 16.2. The molecule has 0 aliphatic carbocycles. The topological polar surface area (TPSA) is 117 Å². The zero-order valence-corrected chi connectivity index (χ0v) is 17.0. The maximum atomic E-state index is 13.0. The van der Waals surface area contributed by atoms with Gasteiger partial charge in [0.05, 0.1) is 17.4 Å². The summed E-state index contributed by atoms with van der Waals surface area (Å²) in [6, 6.07) is 10.9. The first-order valence-electron chi connectivity index (χ1n) is 9.00. The zero-order chi connectivity index (χ0) is 21.3. The monoisotopic (exact) mass is 420 g/mol. The molecule has 150 valence electrons. The fraction of sp³-hybridized carbons (Fsp3) is 0.100. The van der Waals surface area contributed by atoms with Crippen LogP contribution in [0.2, 0.25) is 0 Å². The van der Waals surface area contributed by atoms with Gasteiger partial charge in [-0.05, 0) is 25.1 Å². The molecule has 0 unspecified atom stereocenters. The maximum Gasteiger partial charge on any atom is 0.490 e. The lowest BCUT2D eigenvalue weighted by molar-refractivity contribution is 0.102. The van der Waals surface area contributed by atoms with Crippen LogP contribution in [-0.4, -0.2) is 45.1 Å². The van der Waals surface area contributed by atoms with Crippen molar-refractivity contribution in [3.63, 3.8) is 0 Å². The number of methoxy groups -OCH3 is 1. The second-order valence-electron chi connectivity index (χ2n) is 6.51. The number of aromatic nitrogens is 3. The molecule has 0 aliphatic rings. The number of carbonyl (C=O) groups excluding carboxylic acids is 1. The Morgan fingerprint density at radius 2 is 1.93 bits per heavy atom. The summed E-state index contributed by atoms with van der Waals surface area (Å²) < 4.78 is 6.08. The van der Waals surface area contributed by atoms with E-state index in [1.807, 2.05) is 37.3 Å². The van der Waals surface area contributed by atoms with Gasteiger partial charge in [0.15, 0.2) is 10.8 Å². The van der Waals surface area contributed by atoms with Crippen LogP contribution in [0.4, 0.5) is 5.13 Å². The van der Waals surface area contributed by atoms with Gasteiger partial charge in [-0.1, -0.05) is 29.5 Å². The van der Waals surface area contributed by atoms with Crippen LogP contribution in [-0.2, 0) is 0 Å². The smallest absolute Gasteiger partial charge is 0.490 e. The minimum atomic E-state index is -1.62. The summed E-state index contributed by atoms with van der Waals surface area (Å²) in [4.78, 5) is 25.7. The highest BCUT2D eigenvalue weighted by molar-refractivity contribution is 7.22. The average Bonchev–Trinajstić information content (AvgIpc) is 3.14. The van der Waals surface area contributed by atoms with Crippen molar-refractivity contribution in [2.45, 2.75) is 6.92 Å². The third-order valence-electron chi connectivity index (χ3n) is 4.47. The number of pyridine rings is 2. The number of nitrogens with zero attached hydrogens (tertiary/aromatic N) is 3. The Morgan fingerprint density at radius 3 is 2.70 bits per heavy atom. The third kappa shape index (κ3) is 3.88. The second-order valence-corrected chi connectivity index (χ2v) is 7.54. The molecule has 0 aliphatic heterocycles. The van der Waals surface area contributed by atoms with Crippen molar-refractivity contribution in [3.05, 3.63) is 60.0 Å². The Labute approximate surface area is 176 Å². The van der Waals surface area contributed by atoms with Crippen LogP contribution in [0, 0.1) is 6.92 Å². The molecular weight excluding hydrogens is 403 g/mol.